The van der Waals surface area contributed by atoms with Crippen molar-refractivity contribution < 1.29 is 4.74 Å². The highest BCUT2D eigenvalue weighted by Crippen LogP contribution is 2.23. The molecule has 0 aliphatic carbocycles. The molecule has 1 rings (SSSR count). The summed E-state index contributed by atoms with van der Waals surface area (Å²) in [5.41, 5.74) is -0.0325. The number of likely N-dealkylation sites (N-methyl/N-ethyl adjacent to an activating group) is 1. The summed E-state index contributed by atoms with van der Waals surface area (Å²) < 4.78 is 5.77. The molecule has 5 nitrogen and oxygen atoms in total. The minimum atomic E-state index is -0.0325. The third kappa shape index (κ3) is 8.21. The standard InChI is InChI=1S/C15H32N4O.HI/c1-5-10-19(6-2)11-9-17-14(16-4)18-13-15(3)8-7-12-20-15;/h5-13H2,1-4H3,(H2,16,17,18);1H. The zero-order valence-electron chi connectivity index (χ0n) is 14.1. The maximum atomic E-state index is 5.77. The van der Waals surface area contributed by atoms with Crippen molar-refractivity contribution in [3.63, 3.8) is 0 Å². The van der Waals surface area contributed by atoms with Crippen LogP contribution in [0.2, 0.25) is 0 Å². The number of rotatable bonds is 8. The smallest absolute Gasteiger partial charge is 0.191 e. The highest BCUT2D eigenvalue weighted by atomic mass is 127. The van der Waals surface area contributed by atoms with Gasteiger partial charge in [0.15, 0.2) is 5.96 Å². The van der Waals surface area contributed by atoms with Crippen LogP contribution in [0.3, 0.4) is 0 Å². The number of ether oxygens (including phenoxy) is 1. The van der Waals surface area contributed by atoms with Crippen molar-refractivity contribution in [3.8, 4) is 0 Å². The molecule has 0 spiro atoms. The van der Waals surface area contributed by atoms with Gasteiger partial charge in [-0.3, -0.25) is 4.99 Å². The van der Waals surface area contributed by atoms with Gasteiger partial charge in [0.1, 0.15) is 0 Å². The molecule has 1 aliphatic rings. The lowest BCUT2D eigenvalue weighted by Gasteiger charge is -2.25. The van der Waals surface area contributed by atoms with Crippen LogP contribution in [0.5, 0.6) is 0 Å². The van der Waals surface area contributed by atoms with Crippen LogP contribution in [0.25, 0.3) is 0 Å². The molecule has 1 aliphatic heterocycles. The Kier molecular flexibility index (Phi) is 11.4. The molecule has 0 aromatic rings. The summed E-state index contributed by atoms with van der Waals surface area (Å²) in [6.45, 7) is 12.5. The Morgan fingerprint density at radius 3 is 2.57 bits per heavy atom. The van der Waals surface area contributed by atoms with Crippen LogP contribution in [-0.2, 0) is 4.74 Å². The van der Waals surface area contributed by atoms with E-state index in [0.29, 0.717) is 0 Å². The van der Waals surface area contributed by atoms with Crippen molar-refractivity contribution in [1.29, 1.82) is 0 Å². The zero-order valence-corrected chi connectivity index (χ0v) is 16.4. The predicted octanol–water partition coefficient (Wildman–Crippen LogP) is 2.07. The maximum absolute atomic E-state index is 5.77. The summed E-state index contributed by atoms with van der Waals surface area (Å²) >= 11 is 0. The molecule has 1 heterocycles. The summed E-state index contributed by atoms with van der Waals surface area (Å²) in [5, 5.41) is 6.75. The Hall–Kier alpha value is -0.0800. The SMILES string of the molecule is CCCN(CC)CCNC(=NC)NCC1(C)CCCO1.I. The minimum Gasteiger partial charge on any atom is -0.373 e. The van der Waals surface area contributed by atoms with E-state index in [0.717, 1.165) is 58.1 Å². The van der Waals surface area contributed by atoms with Crippen LogP contribution in [0, 0.1) is 0 Å². The van der Waals surface area contributed by atoms with Crippen LogP contribution in [0.15, 0.2) is 4.99 Å². The highest BCUT2D eigenvalue weighted by Gasteiger charge is 2.29. The quantitative estimate of drug-likeness (QED) is 0.364. The van der Waals surface area contributed by atoms with Gasteiger partial charge < -0.3 is 20.3 Å². The summed E-state index contributed by atoms with van der Waals surface area (Å²) in [5.74, 6) is 0.870. The van der Waals surface area contributed by atoms with Gasteiger partial charge in [-0.2, -0.15) is 0 Å². The fraction of sp³-hybridized carbons (Fsp3) is 0.933. The molecule has 1 saturated heterocycles. The zero-order chi connectivity index (χ0) is 14.8. The molecule has 0 amide bonds. The Morgan fingerprint density at radius 1 is 1.29 bits per heavy atom. The van der Waals surface area contributed by atoms with E-state index < -0.39 is 0 Å². The Morgan fingerprint density at radius 2 is 2.05 bits per heavy atom. The first-order chi connectivity index (χ1) is 9.63. The molecule has 21 heavy (non-hydrogen) atoms. The number of guanidine groups is 1. The van der Waals surface area contributed by atoms with Gasteiger partial charge in [0, 0.05) is 33.3 Å². The first kappa shape index (κ1) is 20.9. The molecule has 6 heteroatoms. The van der Waals surface area contributed by atoms with E-state index >= 15 is 0 Å². The topological polar surface area (TPSA) is 48.9 Å². The van der Waals surface area contributed by atoms with Gasteiger partial charge in [-0.1, -0.05) is 13.8 Å². The third-order valence-electron chi connectivity index (χ3n) is 3.86. The summed E-state index contributed by atoms with van der Waals surface area (Å²) in [6.07, 6.45) is 3.49. The van der Waals surface area contributed by atoms with Crippen LogP contribution in [-0.4, -0.2) is 62.8 Å². The van der Waals surface area contributed by atoms with Crippen molar-refractivity contribution in [2.24, 2.45) is 4.99 Å². The average molecular weight is 412 g/mol. The second kappa shape index (κ2) is 11.5. The minimum absolute atomic E-state index is 0. The van der Waals surface area contributed by atoms with Crippen LogP contribution < -0.4 is 10.6 Å². The van der Waals surface area contributed by atoms with E-state index in [1.807, 2.05) is 7.05 Å². The summed E-state index contributed by atoms with van der Waals surface area (Å²) in [7, 11) is 1.82. The normalized spacial score (nSPS) is 22.2. The van der Waals surface area contributed by atoms with E-state index in [1.54, 1.807) is 0 Å². The van der Waals surface area contributed by atoms with Crippen molar-refractivity contribution in [2.45, 2.75) is 45.6 Å². The first-order valence-electron chi connectivity index (χ1n) is 7.94. The largest absolute Gasteiger partial charge is 0.373 e. The number of hydrogen-bond donors (Lipinski definition) is 2. The number of nitrogens with one attached hydrogen (secondary N) is 2. The second-order valence-corrected chi connectivity index (χ2v) is 5.69. The molecule has 2 N–H and O–H groups in total. The van der Waals surface area contributed by atoms with Gasteiger partial charge in [0.2, 0.25) is 0 Å². The van der Waals surface area contributed by atoms with Gasteiger partial charge in [-0.25, -0.2) is 0 Å². The lowest BCUT2D eigenvalue weighted by atomic mass is 10.0. The predicted molar refractivity (Wildman–Crippen MR) is 101 cm³/mol. The van der Waals surface area contributed by atoms with Gasteiger partial charge in [0.25, 0.3) is 0 Å². The monoisotopic (exact) mass is 412 g/mol. The van der Waals surface area contributed by atoms with Gasteiger partial charge in [-0.15, -0.1) is 24.0 Å². The van der Waals surface area contributed by atoms with Gasteiger partial charge >= 0.3 is 0 Å². The number of aliphatic imine (C=N–C) groups is 1. The Bertz CT molecular complexity index is 293. The molecule has 1 unspecified atom stereocenters. The molecule has 0 aromatic heterocycles. The lowest BCUT2D eigenvalue weighted by molar-refractivity contribution is 0.0243. The fourth-order valence-electron chi connectivity index (χ4n) is 2.54. The molecule has 0 bridgehead atoms. The van der Waals surface area contributed by atoms with E-state index in [9.17, 15) is 0 Å². The van der Waals surface area contributed by atoms with Crippen molar-refractivity contribution in [2.75, 3.05) is 46.4 Å². The highest BCUT2D eigenvalue weighted by molar-refractivity contribution is 14.0. The Labute approximate surface area is 147 Å². The van der Waals surface area contributed by atoms with Crippen molar-refractivity contribution >= 4 is 29.9 Å². The molecular weight excluding hydrogens is 379 g/mol. The lowest BCUT2D eigenvalue weighted by Crippen LogP contribution is -2.47. The second-order valence-electron chi connectivity index (χ2n) is 5.69. The van der Waals surface area contributed by atoms with E-state index in [2.05, 4.69) is 41.3 Å². The molecular formula is C15H33IN4O. The van der Waals surface area contributed by atoms with E-state index in [-0.39, 0.29) is 29.6 Å². The van der Waals surface area contributed by atoms with Crippen LogP contribution in [0.1, 0.15) is 40.0 Å². The molecule has 0 radical (unpaired) electrons. The van der Waals surface area contributed by atoms with Gasteiger partial charge in [0.05, 0.1) is 5.60 Å². The molecule has 0 aromatic carbocycles. The number of hydrogen-bond acceptors (Lipinski definition) is 3. The summed E-state index contributed by atoms with van der Waals surface area (Å²) in [6, 6.07) is 0. The molecule has 1 fully saturated rings. The fourth-order valence-corrected chi connectivity index (χ4v) is 2.54. The Balaban J connectivity index is 0.00000400. The first-order valence-corrected chi connectivity index (χ1v) is 7.94. The van der Waals surface area contributed by atoms with Crippen LogP contribution >= 0.6 is 24.0 Å². The average Bonchev–Trinajstić information content (AvgIpc) is 2.88. The number of halogens is 1. The maximum Gasteiger partial charge on any atom is 0.191 e. The van der Waals surface area contributed by atoms with Crippen molar-refractivity contribution in [3.05, 3.63) is 0 Å². The van der Waals surface area contributed by atoms with Crippen LogP contribution in [0.4, 0.5) is 0 Å². The van der Waals surface area contributed by atoms with Gasteiger partial charge in [-0.05, 0) is 39.3 Å². The van der Waals surface area contributed by atoms with E-state index in [1.165, 1.54) is 6.42 Å². The summed E-state index contributed by atoms with van der Waals surface area (Å²) in [4.78, 5) is 6.72. The molecule has 1 atom stereocenters. The number of nitrogens with zero attached hydrogens (tertiary/aromatic N) is 2. The van der Waals surface area contributed by atoms with E-state index in [4.69, 9.17) is 4.74 Å². The van der Waals surface area contributed by atoms with Crippen molar-refractivity contribution in [1.82, 2.24) is 15.5 Å². The molecule has 126 valence electrons. The molecule has 0 saturated carbocycles. The third-order valence-corrected chi connectivity index (χ3v) is 3.86.